The molecule has 2 aliphatic rings. The molecular formula is C60H52. The zero-order valence-corrected chi connectivity index (χ0v) is 36.2. The molecule has 11 rings (SSSR count). The summed E-state index contributed by atoms with van der Waals surface area (Å²) in [6, 6.07) is 60.1. The van der Waals surface area contributed by atoms with Crippen molar-refractivity contribution in [3.05, 3.63) is 198 Å². The molecule has 0 nitrogen and oxygen atoms in total. The number of allylic oxidation sites excluding steroid dienone is 4. The third-order valence-corrected chi connectivity index (χ3v) is 13.8. The van der Waals surface area contributed by atoms with Gasteiger partial charge in [-0.1, -0.05) is 175 Å². The largest absolute Gasteiger partial charge is 0.0873 e. The Hall–Kier alpha value is -6.50. The van der Waals surface area contributed by atoms with Crippen LogP contribution in [0.15, 0.2) is 175 Å². The van der Waals surface area contributed by atoms with E-state index in [1.807, 2.05) is 13.8 Å². The first-order valence-corrected chi connectivity index (χ1v) is 21.8. The van der Waals surface area contributed by atoms with Crippen molar-refractivity contribution < 1.29 is 0 Å². The normalized spacial score (nSPS) is 14.8. The summed E-state index contributed by atoms with van der Waals surface area (Å²) < 4.78 is 0. The smallest absolute Gasteiger partial charge is 0.0159 e. The fourth-order valence-electron chi connectivity index (χ4n) is 10.7. The Morgan fingerprint density at radius 3 is 1.63 bits per heavy atom. The number of rotatable bonds is 4. The van der Waals surface area contributed by atoms with Crippen molar-refractivity contribution in [3.63, 3.8) is 0 Å². The van der Waals surface area contributed by atoms with Crippen molar-refractivity contribution in [1.29, 1.82) is 0 Å². The Morgan fingerprint density at radius 2 is 0.900 bits per heavy atom. The third-order valence-electron chi connectivity index (χ3n) is 13.8. The van der Waals surface area contributed by atoms with Crippen molar-refractivity contribution in [2.45, 2.75) is 66.2 Å². The lowest BCUT2D eigenvalue weighted by Crippen LogP contribution is -2.16. The van der Waals surface area contributed by atoms with Crippen LogP contribution in [-0.4, -0.2) is 0 Å². The van der Waals surface area contributed by atoms with Crippen LogP contribution in [0.1, 0.15) is 77.6 Å². The van der Waals surface area contributed by atoms with Crippen LogP contribution in [0.2, 0.25) is 0 Å². The highest BCUT2D eigenvalue weighted by molar-refractivity contribution is 6.24. The lowest BCUT2D eigenvalue weighted by atomic mass is 9.79. The maximum absolute atomic E-state index is 2.49. The number of benzene rings is 9. The molecule has 2 aliphatic carbocycles. The topological polar surface area (TPSA) is 0 Å². The average molecular weight is 773 g/mol. The van der Waals surface area contributed by atoms with Crippen molar-refractivity contribution in [3.8, 4) is 44.5 Å². The van der Waals surface area contributed by atoms with Gasteiger partial charge in [0.15, 0.2) is 0 Å². The molecule has 0 heteroatoms. The summed E-state index contributed by atoms with van der Waals surface area (Å²) in [4.78, 5) is 0. The van der Waals surface area contributed by atoms with E-state index in [1.165, 1.54) is 121 Å². The van der Waals surface area contributed by atoms with Gasteiger partial charge in [-0.2, -0.15) is 0 Å². The van der Waals surface area contributed by atoms with Gasteiger partial charge in [0.25, 0.3) is 0 Å². The predicted molar refractivity (Wildman–Crippen MR) is 262 cm³/mol. The fraction of sp³-hybridized carbons (Fsp3) is 0.167. The van der Waals surface area contributed by atoms with Crippen LogP contribution in [0.5, 0.6) is 0 Å². The fourth-order valence-corrected chi connectivity index (χ4v) is 10.7. The summed E-state index contributed by atoms with van der Waals surface area (Å²) in [5, 5.41) is 10.2. The first-order valence-electron chi connectivity index (χ1n) is 21.8. The van der Waals surface area contributed by atoms with E-state index >= 15 is 0 Å². The van der Waals surface area contributed by atoms with E-state index in [-0.39, 0.29) is 10.8 Å². The first-order chi connectivity index (χ1) is 29.1. The van der Waals surface area contributed by atoms with Crippen LogP contribution in [0.4, 0.5) is 0 Å². The van der Waals surface area contributed by atoms with Crippen LogP contribution < -0.4 is 0 Å². The van der Waals surface area contributed by atoms with Gasteiger partial charge in [0, 0.05) is 10.8 Å². The van der Waals surface area contributed by atoms with Crippen LogP contribution in [0.3, 0.4) is 0 Å². The molecule has 0 radical (unpaired) electrons. The Bertz CT molecular complexity index is 3290. The van der Waals surface area contributed by atoms with Gasteiger partial charge < -0.3 is 0 Å². The predicted octanol–water partition coefficient (Wildman–Crippen LogP) is 17.3. The summed E-state index contributed by atoms with van der Waals surface area (Å²) in [5.74, 6) is 0. The molecule has 9 aromatic rings. The van der Waals surface area contributed by atoms with Crippen molar-refractivity contribution >= 4 is 48.7 Å². The van der Waals surface area contributed by atoms with Gasteiger partial charge >= 0.3 is 0 Å². The highest BCUT2D eigenvalue weighted by atomic mass is 14.4. The molecule has 0 unspecified atom stereocenters. The molecular weight excluding hydrogens is 721 g/mol. The summed E-state index contributed by atoms with van der Waals surface area (Å²) in [5.41, 5.74) is 18.5. The van der Waals surface area contributed by atoms with Gasteiger partial charge in [-0.3, -0.25) is 0 Å². The van der Waals surface area contributed by atoms with Crippen molar-refractivity contribution in [2.24, 2.45) is 0 Å². The van der Waals surface area contributed by atoms with E-state index in [4.69, 9.17) is 0 Å². The number of hydrogen-bond donors (Lipinski definition) is 0. The maximum Gasteiger partial charge on any atom is 0.0159 e. The minimum Gasteiger partial charge on any atom is -0.0873 e. The Kier molecular flexibility index (Phi) is 8.85. The van der Waals surface area contributed by atoms with E-state index in [2.05, 4.69) is 211 Å². The second kappa shape index (κ2) is 14.1. The molecule has 0 saturated carbocycles. The average Bonchev–Trinajstić information content (AvgIpc) is 3.63. The summed E-state index contributed by atoms with van der Waals surface area (Å²) >= 11 is 0. The second-order valence-corrected chi connectivity index (χ2v) is 17.7. The van der Waals surface area contributed by atoms with Gasteiger partial charge in [0.2, 0.25) is 0 Å². The molecule has 0 aromatic heterocycles. The molecule has 0 fully saturated rings. The van der Waals surface area contributed by atoms with Gasteiger partial charge in [0.1, 0.15) is 0 Å². The summed E-state index contributed by atoms with van der Waals surface area (Å²) in [6.07, 6.45) is 4.49. The van der Waals surface area contributed by atoms with Crippen LogP contribution in [0, 0.1) is 0 Å². The molecule has 0 atom stereocenters. The van der Waals surface area contributed by atoms with Crippen molar-refractivity contribution in [1.82, 2.24) is 0 Å². The lowest BCUT2D eigenvalue weighted by molar-refractivity contribution is 0.654. The summed E-state index contributed by atoms with van der Waals surface area (Å²) in [6.45, 7) is 17.9. The molecule has 0 bridgehead atoms. The highest BCUT2D eigenvalue weighted by Gasteiger charge is 2.36. The zero-order valence-electron chi connectivity index (χ0n) is 36.2. The van der Waals surface area contributed by atoms with Gasteiger partial charge in [-0.15, -0.1) is 0 Å². The van der Waals surface area contributed by atoms with Crippen LogP contribution in [-0.2, 0) is 10.8 Å². The van der Waals surface area contributed by atoms with Gasteiger partial charge in [-0.25, -0.2) is 0 Å². The number of fused-ring (bicyclic) bond motifs is 10. The lowest BCUT2D eigenvalue weighted by Gasteiger charge is -2.24. The van der Waals surface area contributed by atoms with Crippen LogP contribution >= 0.6 is 0 Å². The van der Waals surface area contributed by atoms with Gasteiger partial charge in [0.05, 0.1) is 0 Å². The Labute approximate surface area is 355 Å². The van der Waals surface area contributed by atoms with E-state index in [9.17, 15) is 0 Å². The molecule has 0 aliphatic heterocycles. The Balaban J connectivity index is 0.00000213. The molecule has 292 valence electrons. The summed E-state index contributed by atoms with van der Waals surface area (Å²) in [7, 11) is 0. The molecule has 60 heavy (non-hydrogen) atoms. The quantitative estimate of drug-likeness (QED) is 0.156. The van der Waals surface area contributed by atoms with Crippen molar-refractivity contribution in [2.75, 3.05) is 0 Å². The standard InChI is InChI=1S/C58H46.C2H6/c1-7-14-53-35(2)42-26-24-41(31-55(42)57(53,3)4)49-34-51-44-18-11-10-17-43(44)48(40-25-28-47-46-19-12-13-20-54(46)58(5,6)56(47)32-40)33-52(51)45-27-23-39(30-50(45)49)38-22-21-36-15-8-9-16-37(36)29-38;1-2/h7-34H,1-6H3;1-2H3/b14-7-;. The van der Waals surface area contributed by atoms with E-state index in [0.29, 0.717) is 0 Å². The Morgan fingerprint density at radius 1 is 0.367 bits per heavy atom. The zero-order chi connectivity index (χ0) is 41.5. The monoisotopic (exact) mass is 772 g/mol. The van der Waals surface area contributed by atoms with Crippen LogP contribution in [0.25, 0.3) is 93.2 Å². The first kappa shape index (κ1) is 37.7. The minimum atomic E-state index is -0.0851. The minimum absolute atomic E-state index is 0.0680. The molecule has 0 saturated heterocycles. The van der Waals surface area contributed by atoms with E-state index < -0.39 is 0 Å². The van der Waals surface area contributed by atoms with E-state index in [1.54, 1.807) is 0 Å². The highest BCUT2D eigenvalue weighted by Crippen LogP contribution is 2.52. The molecule has 0 spiro atoms. The van der Waals surface area contributed by atoms with E-state index in [0.717, 1.165) is 0 Å². The maximum atomic E-state index is 2.49. The molecule has 0 heterocycles. The second-order valence-electron chi connectivity index (χ2n) is 17.7. The molecule has 0 N–H and O–H groups in total. The SMILES string of the molecule is C/C=C\C1=C(C)c2ccc(-c3cc4c5ccccc5c(-c5ccc6c(c5)C(C)(C)c5ccccc5-6)cc4c4ccc(-c5ccc6ccccc6c5)cc34)cc2C1(C)C.CC. The van der Waals surface area contributed by atoms with Gasteiger partial charge in [-0.05, 0) is 171 Å². The molecule has 0 amide bonds. The number of hydrogen-bond acceptors (Lipinski definition) is 0. The molecule has 9 aromatic carbocycles. The third kappa shape index (κ3) is 5.57.